The molecule has 0 aliphatic carbocycles. The van der Waals surface area contributed by atoms with E-state index in [1.165, 1.54) is 0 Å². The van der Waals surface area contributed by atoms with Crippen LogP contribution in [0.1, 0.15) is 38.4 Å². The van der Waals surface area contributed by atoms with Crippen LogP contribution >= 0.6 is 11.6 Å². The minimum Gasteiger partial charge on any atom is -0.387 e. The van der Waals surface area contributed by atoms with E-state index in [0.717, 1.165) is 42.4 Å². The van der Waals surface area contributed by atoms with Crippen LogP contribution < -0.4 is 0 Å². The molecule has 2 N–H and O–H groups in total. The van der Waals surface area contributed by atoms with Crippen LogP contribution in [0.5, 0.6) is 0 Å². The van der Waals surface area contributed by atoms with Crippen molar-refractivity contribution in [2.75, 3.05) is 19.6 Å². The van der Waals surface area contributed by atoms with E-state index in [9.17, 15) is 5.11 Å². The van der Waals surface area contributed by atoms with Gasteiger partial charge < -0.3 is 15.0 Å². The third-order valence-corrected chi connectivity index (χ3v) is 3.86. The van der Waals surface area contributed by atoms with Crippen molar-refractivity contribution in [1.82, 2.24) is 9.88 Å². The molecule has 20 heavy (non-hydrogen) atoms. The number of hydrogen-bond acceptors (Lipinski definition) is 2. The Kier molecular flexibility index (Phi) is 5.46. The van der Waals surface area contributed by atoms with Gasteiger partial charge in [0.1, 0.15) is 0 Å². The van der Waals surface area contributed by atoms with Gasteiger partial charge in [0.05, 0.1) is 11.1 Å². The van der Waals surface area contributed by atoms with Crippen LogP contribution in [0.15, 0.2) is 24.4 Å². The minimum atomic E-state index is -0.509. The van der Waals surface area contributed by atoms with Crippen LogP contribution in [-0.2, 0) is 0 Å². The second-order valence-electron chi connectivity index (χ2n) is 5.22. The molecule has 0 amide bonds. The smallest absolute Gasteiger partial charge is 0.0923 e. The summed E-state index contributed by atoms with van der Waals surface area (Å²) in [5, 5.41) is 12.2. The monoisotopic (exact) mass is 294 g/mol. The second kappa shape index (κ2) is 7.11. The Morgan fingerprint density at radius 1 is 1.25 bits per heavy atom. The molecule has 0 saturated carbocycles. The molecule has 0 spiro atoms. The second-order valence-corrected chi connectivity index (χ2v) is 5.63. The summed E-state index contributed by atoms with van der Waals surface area (Å²) in [6, 6.07) is 5.90. The van der Waals surface area contributed by atoms with Crippen molar-refractivity contribution >= 4 is 22.5 Å². The van der Waals surface area contributed by atoms with Crippen molar-refractivity contribution in [1.29, 1.82) is 0 Å². The number of rotatable bonds is 7. The summed E-state index contributed by atoms with van der Waals surface area (Å²) in [5.74, 6) is 0. The fourth-order valence-corrected chi connectivity index (χ4v) is 2.98. The van der Waals surface area contributed by atoms with Crippen molar-refractivity contribution in [3.05, 3.63) is 35.0 Å². The summed E-state index contributed by atoms with van der Waals surface area (Å²) in [4.78, 5) is 5.44. The maximum Gasteiger partial charge on any atom is 0.0923 e. The molecule has 0 fully saturated rings. The van der Waals surface area contributed by atoms with Crippen LogP contribution in [0.25, 0.3) is 10.9 Å². The zero-order chi connectivity index (χ0) is 14.5. The lowest BCUT2D eigenvalue weighted by Gasteiger charge is -2.24. The van der Waals surface area contributed by atoms with Crippen molar-refractivity contribution in [2.24, 2.45) is 0 Å². The standard InChI is InChI=1S/C16H23ClN2O/c1-3-8-19(9-4-2)11-15(20)12-6-5-7-14-16(12)13(17)10-18-14/h5-7,10,15,18,20H,3-4,8-9,11H2,1-2H3. The highest BCUT2D eigenvalue weighted by Crippen LogP contribution is 2.30. The largest absolute Gasteiger partial charge is 0.387 e. The summed E-state index contributed by atoms with van der Waals surface area (Å²) < 4.78 is 0. The Morgan fingerprint density at radius 3 is 2.60 bits per heavy atom. The van der Waals surface area contributed by atoms with Gasteiger partial charge in [0.15, 0.2) is 0 Å². The fourth-order valence-electron chi connectivity index (χ4n) is 2.72. The molecular formula is C16H23ClN2O. The van der Waals surface area contributed by atoms with E-state index in [-0.39, 0.29) is 0 Å². The van der Waals surface area contributed by atoms with Crippen LogP contribution in [0.2, 0.25) is 5.02 Å². The van der Waals surface area contributed by atoms with Crippen LogP contribution in [0.3, 0.4) is 0 Å². The number of aromatic nitrogens is 1. The van der Waals surface area contributed by atoms with Gasteiger partial charge in [-0.3, -0.25) is 0 Å². The molecule has 110 valence electrons. The molecule has 1 unspecified atom stereocenters. The van der Waals surface area contributed by atoms with E-state index in [4.69, 9.17) is 11.6 Å². The van der Waals surface area contributed by atoms with Gasteiger partial charge in [-0.25, -0.2) is 0 Å². The topological polar surface area (TPSA) is 39.3 Å². The van der Waals surface area contributed by atoms with Crippen molar-refractivity contribution in [3.63, 3.8) is 0 Å². The summed E-state index contributed by atoms with van der Waals surface area (Å²) >= 11 is 6.22. The Morgan fingerprint density at radius 2 is 1.95 bits per heavy atom. The first kappa shape index (κ1) is 15.4. The number of nitrogens with zero attached hydrogens (tertiary/aromatic N) is 1. The van der Waals surface area contributed by atoms with Gasteiger partial charge in [-0.05, 0) is 37.6 Å². The minimum absolute atomic E-state index is 0.509. The van der Waals surface area contributed by atoms with E-state index in [2.05, 4.69) is 23.7 Å². The lowest BCUT2D eigenvalue weighted by Crippen LogP contribution is -2.30. The maximum absolute atomic E-state index is 10.6. The summed E-state index contributed by atoms with van der Waals surface area (Å²) in [6.45, 7) is 7.02. The Balaban J connectivity index is 2.22. The molecule has 1 atom stereocenters. The molecule has 0 saturated heterocycles. The molecule has 1 heterocycles. The number of aliphatic hydroxyl groups is 1. The molecule has 0 aliphatic heterocycles. The first-order valence-corrected chi connectivity index (χ1v) is 7.71. The molecule has 2 aromatic rings. The third kappa shape index (κ3) is 3.35. The summed E-state index contributed by atoms with van der Waals surface area (Å²) in [7, 11) is 0. The number of halogens is 1. The number of aliphatic hydroxyl groups excluding tert-OH is 1. The summed E-state index contributed by atoms with van der Waals surface area (Å²) in [5.41, 5.74) is 1.88. The average Bonchev–Trinajstić information content (AvgIpc) is 2.81. The number of H-pyrrole nitrogens is 1. The number of aromatic amines is 1. The van der Waals surface area contributed by atoms with Gasteiger partial charge >= 0.3 is 0 Å². The van der Waals surface area contributed by atoms with Crippen LogP contribution in [0, 0.1) is 0 Å². The first-order chi connectivity index (χ1) is 9.67. The quantitative estimate of drug-likeness (QED) is 0.811. The number of nitrogens with one attached hydrogen (secondary N) is 1. The lowest BCUT2D eigenvalue weighted by atomic mass is 10.0. The van der Waals surface area contributed by atoms with Gasteiger partial charge in [0.2, 0.25) is 0 Å². The van der Waals surface area contributed by atoms with E-state index in [1.54, 1.807) is 6.20 Å². The zero-order valence-electron chi connectivity index (χ0n) is 12.2. The molecule has 0 radical (unpaired) electrons. The fraction of sp³-hybridized carbons (Fsp3) is 0.500. The van der Waals surface area contributed by atoms with Gasteiger partial charge in [-0.15, -0.1) is 0 Å². The highest BCUT2D eigenvalue weighted by atomic mass is 35.5. The summed E-state index contributed by atoms with van der Waals surface area (Å²) in [6.07, 6.45) is 3.46. The Bertz CT molecular complexity index is 546. The van der Waals surface area contributed by atoms with Crippen molar-refractivity contribution in [2.45, 2.75) is 32.8 Å². The van der Waals surface area contributed by atoms with Gasteiger partial charge in [-0.1, -0.05) is 37.6 Å². The molecule has 3 nitrogen and oxygen atoms in total. The molecule has 1 aromatic carbocycles. The maximum atomic E-state index is 10.6. The highest BCUT2D eigenvalue weighted by Gasteiger charge is 2.17. The van der Waals surface area contributed by atoms with Gasteiger partial charge in [0.25, 0.3) is 0 Å². The molecule has 4 heteroatoms. The van der Waals surface area contributed by atoms with Crippen LogP contribution in [-0.4, -0.2) is 34.6 Å². The molecule has 0 bridgehead atoms. The predicted octanol–water partition coefficient (Wildman–Crippen LogP) is 3.98. The zero-order valence-corrected chi connectivity index (χ0v) is 13.0. The number of fused-ring (bicyclic) bond motifs is 1. The Labute approximate surface area is 125 Å². The van der Waals surface area contributed by atoms with E-state index in [0.29, 0.717) is 11.6 Å². The Hall–Kier alpha value is -1.03. The SMILES string of the molecule is CCCN(CCC)CC(O)c1cccc2[nH]cc(Cl)c12. The molecule has 1 aromatic heterocycles. The van der Waals surface area contributed by atoms with Crippen LogP contribution in [0.4, 0.5) is 0 Å². The molecule has 0 aliphatic rings. The number of hydrogen-bond donors (Lipinski definition) is 2. The number of benzene rings is 1. The van der Waals surface area contributed by atoms with Gasteiger partial charge in [0, 0.05) is 23.6 Å². The predicted molar refractivity (Wildman–Crippen MR) is 85.3 cm³/mol. The average molecular weight is 295 g/mol. The van der Waals surface area contributed by atoms with Crippen molar-refractivity contribution in [3.8, 4) is 0 Å². The lowest BCUT2D eigenvalue weighted by molar-refractivity contribution is 0.114. The van der Waals surface area contributed by atoms with E-state index in [1.807, 2.05) is 18.2 Å². The molecule has 2 rings (SSSR count). The van der Waals surface area contributed by atoms with E-state index < -0.39 is 6.10 Å². The third-order valence-electron chi connectivity index (χ3n) is 3.56. The first-order valence-electron chi connectivity index (χ1n) is 7.33. The highest BCUT2D eigenvalue weighted by molar-refractivity contribution is 6.35. The normalized spacial score (nSPS) is 13.2. The van der Waals surface area contributed by atoms with E-state index >= 15 is 0 Å². The van der Waals surface area contributed by atoms with Crippen molar-refractivity contribution < 1.29 is 5.11 Å². The molecular weight excluding hydrogens is 272 g/mol. The van der Waals surface area contributed by atoms with Gasteiger partial charge in [-0.2, -0.15) is 0 Å².